The van der Waals surface area contributed by atoms with E-state index in [-0.39, 0.29) is 53.8 Å². The van der Waals surface area contributed by atoms with Gasteiger partial charge < -0.3 is 40.7 Å². The van der Waals surface area contributed by atoms with Crippen LogP contribution < -0.4 is 16.4 Å². The van der Waals surface area contributed by atoms with E-state index in [4.69, 9.17) is 15.2 Å². The third-order valence-electron chi connectivity index (χ3n) is 11.1. The molecule has 302 valence electrons. The number of carbonyl (C=O) groups is 4. The zero-order chi connectivity index (χ0) is 40.3. The second kappa shape index (κ2) is 21.0. The summed E-state index contributed by atoms with van der Waals surface area (Å²) >= 11 is 0. The molecule has 1 aliphatic rings. The average Bonchev–Trinajstić information content (AvgIpc) is 3.59. The average molecular weight is 747 g/mol. The van der Waals surface area contributed by atoms with Crippen molar-refractivity contribution in [2.45, 2.75) is 130 Å². The first kappa shape index (κ1) is 45.9. The Labute approximate surface area is 318 Å². The van der Waals surface area contributed by atoms with Gasteiger partial charge in [-0.1, -0.05) is 67.0 Å². The lowest BCUT2D eigenvalue weighted by atomic mass is 9.89. The molecule has 1 heterocycles. The highest BCUT2D eigenvalue weighted by molar-refractivity contribution is 5.90. The summed E-state index contributed by atoms with van der Waals surface area (Å²) in [6.07, 6.45) is 0.0214. The predicted octanol–water partition coefficient (Wildman–Crippen LogP) is 3.45. The van der Waals surface area contributed by atoms with Crippen LogP contribution in [0.5, 0.6) is 0 Å². The number of amides is 4. The van der Waals surface area contributed by atoms with Crippen molar-refractivity contribution >= 4 is 29.3 Å². The Kier molecular flexibility index (Phi) is 18.2. The number of nitrogen functional groups attached to an aromatic ring is 1. The molecule has 1 saturated heterocycles. The number of benzene rings is 1. The standard InChI is InChI=1S/C40H70N6O7/c1-14-25(6)35(45(11)40(51)33(23(2)3)43-39(50)34(24(4)5)44(9)10)31(52-12)22-32(47)46-21-15-16-30(46)37(53-13)26(7)38(49)42-27(8)36(48)28-17-19-29(41)20-18-28/h17-20,23-27,30-31,33-37,48H,14-16,21-22,41H2,1-13H3,(H,42,49)(H,43,50)/t25?,26-,27-,30+,31-,33+,34+,35+,36-,37-/m1/s1. The van der Waals surface area contributed by atoms with E-state index >= 15 is 0 Å². The molecule has 1 aliphatic heterocycles. The Hall–Kier alpha value is -3.26. The van der Waals surface area contributed by atoms with Gasteiger partial charge in [0, 0.05) is 33.5 Å². The molecule has 0 bridgehead atoms. The number of aliphatic hydroxyl groups is 1. The maximum absolute atomic E-state index is 14.2. The number of anilines is 1. The number of nitrogens with one attached hydrogen (secondary N) is 2. The molecule has 1 fully saturated rings. The van der Waals surface area contributed by atoms with E-state index < -0.39 is 48.4 Å². The predicted molar refractivity (Wildman–Crippen MR) is 209 cm³/mol. The van der Waals surface area contributed by atoms with Crippen LogP contribution in [-0.4, -0.2) is 128 Å². The van der Waals surface area contributed by atoms with E-state index in [1.165, 1.54) is 0 Å². The molecule has 0 saturated carbocycles. The fraction of sp³-hybridized carbons (Fsp3) is 0.750. The summed E-state index contributed by atoms with van der Waals surface area (Å²) in [6, 6.07) is 4.32. The van der Waals surface area contributed by atoms with Crippen molar-refractivity contribution in [1.29, 1.82) is 0 Å². The number of aliphatic hydroxyl groups excluding tert-OH is 1. The van der Waals surface area contributed by atoms with Gasteiger partial charge in [-0.05, 0) is 69.3 Å². The molecular formula is C40H70N6O7. The number of nitrogens with two attached hydrogens (primary N) is 1. The Balaban J connectivity index is 2.25. The minimum atomic E-state index is -0.936. The smallest absolute Gasteiger partial charge is 0.245 e. The lowest BCUT2D eigenvalue weighted by Gasteiger charge is -2.41. The van der Waals surface area contributed by atoms with Crippen molar-refractivity contribution in [2.75, 3.05) is 47.6 Å². The zero-order valence-electron chi connectivity index (χ0n) is 34.6. The lowest BCUT2D eigenvalue weighted by Crippen LogP contribution is -2.59. The number of rotatable bonds is 20. The molecule has 0 aromatic heterocycles. The van der Waals surface area contributed by atoms with E-state index in [1.54, 1.807) is 69.2 Å². The van der Waals surface area contributed by atoms with Gasteiger partial charge in [-0.3, -0.25) is 24.1 Å². The highest BCUT2D eigenvalue weighted by atomic mass is 16.5. The molecule has 10 atom stereocenters. The molecule has 53 heavy (non-hydrogen) atoms. The third-order valence-corrected chi connectivity index (χ3v) is 11.1. The summed E-state index contributed by atoms with van der Waals surface area (Å²) < 4.78 is 11.9. The Morgan fingerprint density at radius 3 is 2.02 bits per heavy atom. The normalized spacial score (nSPS) is 19.9. The summed E-state index contributed by atoms with van der Waals surface area (Å²) in [5.41, 5.74) is 7.01. The molecule has 1 aromatic rings. The SMILES string of the molecule is CCC(C)[C@@H]([C@@H](CC(=O)N1CCC[C@H]1[C@H](OC)[C@@H](C)C(=O)N[C@H](C)[C@@H](O)c1ccc(N)cc1)OC)N(C)C(=O)[C@@H](NC(=O)[C@H](C(C)C)N(C)C)C(C)C. The topological polar surface area (TPSA) is 167 Å². The van der Waals surface area contributed by atoms with Crippen LogP contribution in [0.1, 0.15) is 92.7 Å². The van der Waals surface area contributed by atoms with Crippen LogP contribution in [0.2, 0.25) is 0 Å². The zero-order valence-corrected chi connectivity index (χ0v) is 34.6. The van der Waals surface area contributed by atoms with Gasteiger partial charge in [0.1, 0.15) is 6.04 Å². The number of ether oxygens (including phenoxy) is 2. The fourth-order valence-electron chi connectivity index (χ4n) is 7.83. The molecule has 2 rings (SSSR count). The van der Waals surface area contributed by atoms with Gasteiger partial charge in [0.25, 0.3) is 0 Å². The number of nitrogens with zero attached hydrogens (tertiary/aromatic N) is 3. The molecular weight excluding hydrogens is 676 g/mol. The van der Waals surface area contributed by atoms with Crippen LogP contribution in [-0.2, 0) is 28.7 Å². The molecule has 0 spiro atoms. The lowest BCUT2D eigenvalue weighted by molar-refractivity contribution is -0.148. The van der Waals surface area contributed by atoms with Crippen LogP contribution >= 0.6 is 0 Å². The van der Waals surface area contributed by atoms with Crippen molar-refractivity contribution < 1.29 is 33.8 Å². The van der Waals surface area contributed by atoms with Crippen LogP contribution in [0, 0.1) is 23.7 Å². The van der Waals surface area contributed by atoms with Gasteiger partial charge in [0.15, 0.2) is 0 Å². The first-order valence-corrected chi connectivity index (χ1v) is 19.2. The third kappa shape index (κ3) is 11.9. The second-order valence-electron chi connectivity index (χ2n) is 15.9. The number of carbonyl (C=O) groups excluding carboxylic acids is 4. The molecule has 1 unspecified atom stereocenters. The number of likely N-dealkylation sites (N-methyl/N-ethyl adjacent to an activating group) is 2. The largest absolute Gasteiger partial charge is 0.399 e. The van der Waals surface area contributed by atoms with E-state index in [0.29, 0.717) is 24.2 Å². The number of hydrogen-bond donors (Lipinski definition) is 4. The van der Waals surface area contributed by atoms with Crippen molar-refractivity contribution in [3.05, 3.63) is 29.8 Å². The molecule has 5 N–H and O–H groups in total. The van der Waals surface area contributed by atoms with Gasteiger partial charge in [0.05, 0.1) is 54.8 Å². The molecule has 13 heteroatoms. The number of methoxy groups -OCH3 is 2. The second-order valence-corrected chi connectivity index (χ2v) is 15.9. The fourth-order valence-corrected chi connectivity index (χ4v) is 7.83. The molecule has 0 aliphatic carbocycles. The van der Waals surface area contributed by atoms with Gasteiger partial charge in [-0.2, -0.15) is 0 Å². The monoisotopic (exact) mass is 747 g/mol. The highest BCUT2D eigenvalue weighted by Crippen LogP contribution is 2.30. The van der Waals surface area contributed by atoms with E-state index in [1.807, 2.05) is 60.5 Å². The quantitative estimate of drug-likeness (QED) is 0.146. The van der Waals surface area contributed by atoms with Gasteiger partial charge in [-0.25, -0.2) is 0 Å². The summed E-state index contributed by atoms with van der Waals surface area (Å²) in [7, 11) is 8.55. The van der Waals surface area contributed by atoms with Crippen LogP contribution in [0.25, 0.3) is 0 Å². The minimum Gasteiger partial charge on any atom is -0.399 e. The van der Waals surface area contributed by atoms with Gasteiger partial charge in [0.2, 0.25) is 23.6 Å². The van der Waals surface area contributed by atoms with Crippen molar-refractivity contribution in [1.82, 2.24) is 25.3 Å². The van der Waals surface area contributed by atoms with Crippen molar-refractivity contribution in [3.63, 3.8) is 0 Å². The summed E-state index contributed by atoms with van der Waals surface area (Å²) in [5, 5.41) is 16.8. The number of likely N-dealkylation sites (tertiary alicyclic amines) is 1. The molecule has 13 nitrogen and oxygen atoms in total. The summed E-state index contributed by atoms with van der Waals surface area (Å²) in [5.74, 6) is -1.65. The molecule has 4 amide bonds. The first-order valence-electron chi connectivity index (χ1n) is 19.2. The molecule has 1 aromatic carbocycles. The van der Waals surface area contributed by atoms with Crippen LogP contribution in [0.3, 0.4) is 0 Å². The van der Waals surface area contributed by atoms with E-state index in [0.717, 1.165) is 12.8 Å². The minimum absolute atomic E-state index is 0.0224. The first-order chi connectivity index (χ1) is 24.8. The summed E-state index contributed by atoms with van der Waals surface area (Å²) in [4.78, 5) is 60.6. The van der Waals surface area contributed by atoms with Crippen molar-refractivity contribution in [3.8, 4) is 0 Å². The van der Waals surface area contributed by atoms with Gasteiger partial charge >= 0.3 is 0 Å². The van der Waals surface area contributed by atoms with Crippen LogP contribution in [0.15, 0.2) is 24.3 Å². The summed E-state index contributed by atoms with van der Waals surface area (Å²) in [6.45, 7) is 15.9. The van der Waals surface area contributed by atoms with E-state index in [9.17, 15) is 24.3 Å². The van der Waals surface area contributed by atoms with Crippen LogP contribution in [0.4, 0.5) is 5.69 Å². The maximum atomic E-state index is 14.2. The highest BCUT2D eigenvalue weighted by Gasteiger charge is 2.43. The van der Waals surface area contributed by atoms with E-state index in [2.05, 4.69) is 10.6 Å². The van der Waals surface area contributed by atoms with Crippen molar-refractivity contribution in [2.24, 2.45) is 23.7 Å². The van der Waals surface area contributed by atoms with Gasteiger partial charge in [-0.15, -0.1) is 0 Å². The number of hydrogen-bond acceptors (Lipinski definition) is 9. The maximum Gasteiger partial charge on any atom is 0.245 e. The molecule has 0 radical (unpaired) electrons. The Morgan fingerprint density at radius 2 is 1.53 bits per heavy atom. The Morgan fingerprint density at radius 1 is 0.925 bits per heavy atom. The Bertz CT molecular complexity index is 1320.